The Kier molecular flexibility index (Phi) is 5.42. The van der Waals surface area contributed by atoms with Crippen molar-refractivity contribution in [3.8, 4) is 5.75 Å². The highest BCUT2D eigenvalue weighted by Crippen LogP contribution is 2.16. The predicted molar refractivity (Wildman–Crippen MR) is 90.5 cm³/mol. The quantitative estimate of drug-likeness (QED) is 0.855. The number of amides is 1. The fourth-order valence-electron chi connectivity index (χ4n) is 2.08. The lowest BCUT2D eigenvalue weighted by Gasteiger charge is -2.15. The van der Waals surface area contributed by atoms with Gasteiger partial charge < -0.3 is 15.4 Å². The number of carbonyl (C=O) groups excluding carboxylic acids is 1. The van der Waals surface area contributed by atoms with Crippen molar-refractivity contribution in [3.05, 3.63) is 54.1 Å². The van der Waals surface area contributed by atoms with Crippen LogP contribution in [0.2, 0.25) is 0 Å². The smallest absolute Gasteiger partial charge is 0.246 e. The standard InChI is InChI=1S/C18H22N2O2/c1-4-14-5-7-15(8-6-14)19-13(2)18(21)20-16-9-11-17(22-3)12-10-16/h5-13,19H,4H2,1-3H3,(H,20,21). The van der Waals surface area contributed by atoms with Gasteiger partial charge in [0.25, 0.3) is 0 Å². The molecule has 4 nitrogen and oxygen atoms in total. The molecule has 2 aromatic carbocycles. The minimum atomic E-state index is -0.324. The van der Waals surface area contributed by atoms with Gasteiger partial charge in [-0.1, -0.05) is 19.1 Å². The van der Waals surface area contributed by atoms with E-state index in [9.17, 15) is 4.79 Å². The lowest BCUT2D eigenvalue weighted by molar-refractivity contribution is -0.116. The maximum atomic E-state index is 12.2. The molecule has 0 aliphatic rings. The third kappa shape index (κ3) is 4.25. The Morgan fingerprint density at radius 3 is 2.18 bits per heavy atom. The first kappa shape index (κ1) is 15.9. The topological polar surface area (TPSA) is 50.4 Å². The molecule has 0 aromatic heterocycles. The van der Waals surface area contributed by atoms with Crippen LogP contribution < -0.4 is 15.4 Å². The number of benzene rings is 2. The highest BCUT2D eigenvalue weighted by molar-refractivity contribution is 5.96. The summed E-state index contributed by atoms with van der Waals surface area (Å²) < 4.78 is 5.09. The van der Waals surface area contributed by atoms with Gasteiger partial charge in [0.15, 0.2) is 0 Å². The molecule has 0 saturated carbocycles. The van der Waals surface area contributed by atoms with Gasteiger partial charge in [-0.3, -0.25) is 4.79 Å². The molecule has 0 heterocycles. The molecule has 0 spiro atoms. The number of nitrogens with one attached hydrogen (secondary N) is 2. The number of ether oxygens (including phenoxy) is 1. The highest BCUT2D eigenvalue weighted by Gasteiger charge is 2.12. The Morgan fingerprint density at radius 2 is 1.64 bits per heavy atom. The number of aryl methyl sites for hydroxylation is 1. The van der Waals surface area contributed by atoms with E-state index in [1.54, 1.807) is 7.11 Å². The van der Waals surface area contributed by atoms with Crippen LogP contribution >= 0.6 is 0 Å². The maximum Gasteiger partial charge on any atom is 0.246 e. The largest absolute Gasteiger partial charge is 0.497 e. The number of hydrogen-bond donors (Lipinski definition) is 2. The minimum absolute atomic E-state index is 0.0789. The van der Waals surface area contributed by atoms with E-state index in [-0.39, 0.29) is 11.9 Å². The van der Waals surface area contributed by atoms with Crippen molar-refractivity contribution >= 4 is 17.3 Å². The molecule has 2 rings (SSSR count). The van der Waals surface area contributed by atoms with Crippen LogP contribution in [0.4, 0.5) is 11.4 Å². The number of hydrogen-bond acceptors (Lipinski definition) is 3. The SMILES string of the molecule is CCc1ccc(NC(C)C(=O)Nc2ccc(OC)cc2)cc1. The van der Waals surface area contributed by atoms with Crippen LogP contribution in [0.25, 0.3) is 0 Å². The van der Waals surface area contributed by atoms with Crippen molar-refractivity contribution < 1.29 is 9.53 Å². The molecule has 1 atom stereocenters. The zero-order valence-electron chi connectivity index (χ0n) is 13.2. The molecule has 1 unspecified atom stereocenters. The van der Waals surface area contributed by atoms with Crippen LogP contribution in [0.15, 0.2) is 48.5 Å². The zero-order valence-corrected chi connectivity index (χ0v) is 13.2. The number of carbonyl (C=O) groups is 1. The summed E-state index contributed by atoms with van der Waals surface area (Å²) in [7, 11) is 1.61. The Balaban J connectivity index is 1.92. The second-order valence-corrected chi connectivity index (χ2v) is 5.13. The molecule has 0 bridgehead atoms. The normalized spacial score (nSPS) is 11.6. The summed E-state index contributed by atoms with van der Waals surface area (Å²) >= 11 is 0. The zero-order chi connectivity index (χ0) is 15.9. The van der Waals surface area contributed by atoms with E-state index in [1.807, 2.05) is 43.3 Å². The van der Waals surface area contributed by atoms with E-state index in [1.165, 1.54) is 5.56 Å². The van der Waals surface area contributed by atoms with Crippen molar-refractivity contribution in [2.75, 3.05) is 17.7 Å². The van der Waals surface area contributed by atoms with Crippen LogP contribution in [0.1, 0.15) is 19.4 Å². The van der Waals surface area contributed by atoms with Gasteiger partial charge in [-0.05, 0) is 55.3 Å². The first-order valence-corrected chi connectivity index (χ1v) is 7.42. The monoisotopic (exact) mass is 298 g/mol. The first-order valence-electron chi connectivity index (χ1n) is 7.42. The predicted octanol–water partition coefficient (Wildman–Crippen LogP) is 3.70. The van der Waals surface area contributed by atoms with Gasteiger partial charge in [0.2, 0.25) is 5.91 Å². The van der Waals surface area contributed by atoms with Gasteiger partial charge in [-0.25, -0.2) is 0 Å². The summed E-state index contributed by atoms with van der Waals surface area (Å²) in [6, 6.07) is 15.1. The molecule has 0 aliphatic carbocycles. The van der Waals surface area contributed by atoms with Crippen LogP contribution in [0.3, 0.4) is 0 Å². The van der Waals surface area contributed by atoms with Crippen molar-refractivity contribution in [1.82, 2.24) is 0 Å². The molecular formula is C18H22N2O2. The minimum Gasteiger partial charge on any atom is -0.497 e. The molecule has 2 aromatic rings. The Bertz CT molecular complexity index is 606. The van der Waals surface area contributed by atoms with Gasteiger partial charge in [-0.15, -0.1) is 0 Å². The van der Waals surface area contributed by atoms with E-state index < -0.39 is 0 Å². The third-order valence-electron chi connectivity index (χ3n) is 3.50. The molecule has 0 fully saturated rings. The number of anilines is 2. The lowest BCUT2D eigenvalue weighted by atomic mass is 10.1. The molecule has 116 valence electrons. The van der Waals surface area contributed by atoms with Crippen molar-refractivity contribution in [1.29, 1.82) is 0 Å². The van der Waals surface area contributed by atoms with Crippen LogP contribution in [-0.4, -0.2) is 19.1 Å². The van der Waals surface area contributed by atoms with Crippen molar-refractivity contribution in [3.63, 3.8) is 0 Å². The van der Waals surface area contributed by atoms with Crippen LogP contribution in [0.5, 0.6) is 5.75 Å². The molecule has 0 aliphatic heterocycles. The van der Waals surface area contributed by atoms with Crippen LogP contribution in [0, 0.1) is 0 Å². The molecule has 2 N–H and O–H groups in total. The molecule has 0 radical (unpaired) electrons. The number of rotatable bonds is 6. The van der Waals surface area contributed by atoms with Gasteiger partial charge in [0, 0.05) is 11.4 Å². The van der Waals surface area contributed by atoms with Crippen molar-refractivity contribution in [2.24, 2.45) is 0 Å². The van der Waals surface area contributed by atoms with Gasteiger partial charge in [0.1, 0.15) is 11.8 Å². The lowest BCUT2D eigenvalue weighted by Crippen LogP contribution is -2.31. The molecule has 4 heteroatoms. The van der Waals surface area contributed by atoms with E-state index in [4.69, 9.17) is 4.74 Å². The van der Waals surface area contributed by atoms with Crippen molar-refractivity contribution in [2.45, 2.75) is 26.3 Å². The fourth-order valence-corrected chi connectivity index (χ4v) is 2.08. The summed E-state index contributed by atoms with van der Waals surface area (Å²) in [5.74, 6) is 0.685. The average Bonchev–Trinajstić information content (AvgIpc) is 2.56. The van der Waals surface area contributed by atoms with Crippen LogP contribution in [-0.2, 0) is 11.2 Å². The molecular weight excluding hydrogens is 276 g/mol. The Morgan fingerprint density at radius 1 is 1.05 bits per heavy atom. The second-order valence-electron chi connectivity index (χ2n) is 5.13. The number of methoxy groups -OCH3 is 1. The Labute approximate surface area is 131 Å². The van der Waals surface area contributed by atoms with E-state index in [2.05, 4.69) is 29.7 Å². The summed E-state index contributed by atoms with van der Waals surface area (Å²) in [6.45, 7) is 3.96. The maximum absolute atomic E-state index is 12.2. The van der Waals surface area contributed by atoms with Gasteiger partial charge in [0.05, 0.1) is 7.11 Å². The van der Waals surface area contributed by atoms with E-state index in [0.717, 1.165) is 23.5 Å². The van der Waals surface area contributed by atoms with Gasteiger partial charge >= 0.3 is 0 Å². The average molecular weight is 298 g/mol. The van der Waals surface area contributed by atoms with E-state index >= 15 is 0 Å². The fraction of sp³-hybridized carbons (Fsp3) is 0.278. The second kappa shape index (κ2) is 7.50. The third-order valence-corrected chi connectivity index (χ3v) is 3.50. The summed E-state index contributed by atoms with van der Waals surface area (Å²) in [5, 5.41) is 6.08. The molecule has 0 saturated heterocycles. The molecule has 22 heavy (non-hydrogen) atoms. The molecule has 1 amide bonds. The van der Waals surface area contributed by atoms with Gasteiger partial charge in [-0.2, -0.15) is 0 Å². The summed E-state index contributed by atoms with van der Waals surface area (Å²) in [4.78, 5) is 12.2. The van der Waals surface area contributed by atoms with E-state index in [0.29, 0.717) is 0 Å². The summed E-state index contributed by atoms with van der Waals surface area (Å²) in [5.41, 5.74) is 2.97. The summed E-state index contributed by atoms with van der Waals surface area (Å²) in [6.07, 6.45) is 1.01. The first-order chi connectivity index (χ1) is 10.6. The highest BCUT2D eigenvalue weighted by atomic mass is 16.5. The Hall–Kier alpha value is -2.49.